The van der Waals surface area contributed by atoms with Crippen LogP contribution in [-0.2, 0) is 11.2 Å². The molecule has 3 nitrogen and oxygen atoms in total. The van der Waals surface area contributed by atoms with Crippen LogP contribution in [0.4, 0.5) is 0 Å². The standard InChI is InChI=1S/C21H29NO2/c1-21(2)14-16-11-8-12-19(24-3)20(16)17(22-21)13-18(23)15-9-6-4-5-7-10-15/h8,11-13,15,22H,4-7,9-10,14H2,1-3H3. The monoisotopic (exact) mass is 327 g/mol. The highest BCUT2D eigenvalue weighted by atomic mass is 16.5. The number of hydrogen-bond donors (Lipinski definition) is 1. The Morgan fingerprint density at radius 2 is 1.92 bits per heavy atom. The van der Waals surface area contributed by atoms with Crippen molar-refractivity contribution in [1.82, 2.24) is 5.32 Å². The number of carbonyl (C=O) groups excluding carboxylic acids is 1. The van der Waals surface area contributed by atoms with Crippen molar-refractivity contribution in [3.8, 4) is 5.75 Å². The summed E-state index contributed by atoms with van der Waals surface area (Å²) in [5, 5.41) is 3.57. The molecule has 0 spiro atoms. The van der Waals surface area contributed by atoms with E-state index in [1.165, 1.54) is 31.2 Å². The molecule has 3 rings (SSSR count). The second kappa shape index (κ2) is 7.00. The predicted molar refractivity (Wildman–Crippen MR) is 98.1 cm³/mol. The Labute approximate surface area is 145 Å². The summed E-state index contributed by atoms with van der Waals surface area (Å²) in [4.78, 5) is 12.9. The van der Waals surface area contributed by atoms with Gasteiger partial charge in [-0.1, -0.05) is 37.8 Å². The fraction of sp³-hybridized carbons (Fsp3) is 0.571. The van der Waals surface area contributed by atoms with Crippen LogP contribution in [0, 0.1) is 5.92 Å². The van der Waals surface area contributed by atoms with E-state index in [2.05, 4.69) is 25.2 Å². The lowest BCUT2D eigenvalue weighted by atomic mass is 9.84. The molecular formula is C21H29NO2. The Hall–Kier alpha value is -1.77. The molecule has 1 N–H and O–H groups in total. The van der Waals surface area contributed by atoms with Crippen molar-refractivity contribution in [2.75, 3.05) is 7.11 Å². The number of nitrogens with one attached hydrogen (secondary N) is 1. The number of fused-ring (bicyclic) bond motifs is 1. The molecule has 2 aliphatic rings. The van der Waals surface area contributed by atoms with Gasteiger partial charge in [-0.05, 0) is 44.7 Å². The molecule has 1 fully saturated rings. The van der Waals surface area contributed by atoms with Crippen LogP contribution in [0.2, 0.25) is 0 Å². The molecular weight excluding hydrogens is 298 g/mol. The molecule has 0 atom stereocenters. The Kier molecular flexibility index (Phi) is 4.98. The molecule has 130 valence electrons. The van der Waals surface area contributed by atoms with E-state index in [0.29, 0.717) is 0 Å². The normalized spacial score (nSPS) is 22.4. The van der Waals surface area contributed by atoms with E-state index in [9.17, 15) is 4.79 Å². The van der Waals surface area contributed by atoms with Gasteiger partial charge < -0.3 is 10.1 Å². The average molecular weight is 327 g/mol. The van der Waals surface area contributed by atoms with Crippen molar-refractivity contribution >= 4 is 11.5 Å². The Morgan fingerprint density at radius 1 is 1.21 bits per heavy atom. The Balaban J connectivity index is 1.96. The van der Waals surface area contributed by atoms with Gasteiger partial charge in [0.2, 0.25) is 0 Å². The third-order valence-electron chi connectivity index (χ3n) is 5.25. The summed E-state index contributed by atoms with van der Waals surface area (Å²) >= 11 is 0. The molecule has 1 aromatic rings. The fourth-order valence-corrected chi connectivity index (χ4v) is 4.08. The fourth-order valence-electron chi connectivity index (χ4n) is 4.08. The van der Waals surface area contributed by atoms with Gasteiger partial charge in [0.05, 0.1) is 7.11 Å². The number of ether oxygens (including phenoxy) is 1. The summed E-state index contributed by atoms with van der Waals surface area (Å²) in [5.74, 6) is 1.30. The first-order valence-electron chi connectivity index (χ1n) is 9.20. The van der Waals surface area contributed by atoms with E-state index in [-0.39, 0.29) is 17.2 Å². The second-order valence-corrected chi connectivity index (χ2v) is 7.83. The number of carbonyl (C=O) groups is 1. The highest BCUT2D eigenvalue weighted by molar-refractivity contribution is 5.99. The molecule has 24 heavy (non-hydrogen) atoms. The zero-order chi connectivity index (χ0) is 17.2. The summed E-state index contributed by atoms with van der Waals surface area (Å²) in [6, 6.07) is 6.15. The van der Waals surface area contributed by atoms with Crippen molar-refractivity contribution in [3.05, 3.63) is 35.4 Å². The number of hydrogen-bond acceptors (Lipinski definition) is 3. The summed E-state index contributed by atoms with van der Waals surface area (Å²) in [5.41, 5.74) is 3.17. The van der Waals surface area contributed by atoms with Gasteiger partial charge in [-0.15, -0.1) is 0 Å². The minimum atomic E-state index is -0.0606. The molecule has 0 saturated heterocycles. The average Bonchev–Trinajstić information content (AvgIpc) is 2.82. The van der Waals surface area contributed by atoms with Crippen LogP contribution in [-0.4, -0.2) is 18.4 Å². The van der Waals surface area contributed by atoms with Crippen LogP contribution in [0.5, 0.6) is 5.75 Å². The molecule has 0 radical (unpaired) electrons. The number of ketones is 1. The van der Waals surface area contributed by atoms with E-state index in [0.717, 1.165) is 36.3 Å². The maximum atomic E-state index is 12.9. The zero-order valence-electron chi connectivity index (χ0n) is 15.2. The molecule has 0 aromatic heterocycles. The summed E-state index contributed by atoms with van der Waals surface area (Å²) in [6.07, 6.45) is 9.73. The van der Waals surface area contributed by atoms with Crippen LogP contribution in [0.3, 0.4) is 0 Å². The minimum absolute atomic E-state index is 0.0606. The summed E-state index contributed by atoms with van der Waals surface area (Å²) in [6.45, 7) is 4.36. The van der Waals surface area contributed by atoms with E-state index in [1.54, 1.807) is 7.11 Å². The van der Waals surface area contributed by atoms with Gasteiger partial charge in [-0.25, -0.2) is 0 Å². The van der Waals surface area contributed by atoms with E-state index >= 15 is 0 Å². The quantitative estimate of drug-likeness (QED) is 0.656. The lowest BCUT2D eigenvalue weighted by Crippen LogP contribution is -2.44. The lowest BCUT2D eigenvalue weighted by Gasteiger charge is -2.36. The molecule has 1 aromatic carbocycles. The largest absolute Gasteiger partial charge is 0.496 e. The van der Waals surface area contributed by atoms with Crippen LogP contribution in [0.1, 0.15) is 63.5 Å². The van der Waals surface area contributed by atoms with Crippen LogP contribution in [0.15, 0.2) is 24.3 Å². The maximum absolute atomic E-state index is 12.9. The predicted octanol–water partition coefficient (Wildman–Crippen LogP) is 4.50. The van der Waals surface area contributed by atoms with Crippen LogP contribution < -0.4 is 10.1 Å². The number of methoxy groups -OCH3 is 1. The highest BCUT2D eigenvalue weighted by Crippen LogP contribution is 2.36. The first-order valence-corrected chi connectivity index (χ1v) is 9.20. The third-order valence-corrected chi connectivity index (χ3v) is 5.25. The molecule has 1 aliphatic carbocycles. The maximum Gasteiger partial charge on any atom is 0.160 e. The molecule has 1 saturated carbocycles. The molecule has 0 bridgehead atoms. The van der Waals surface area contributed by atoms with Gasteiger partial charge in [0, 0.05) is 28.8 Å². The highest BCUT2D eigenvalue weighted by Gasteiger charge is 2.30. The molecule has 0 unspecified atom stereocenters. The summed E-state index contributed by atoms with van der Waals surface area (Å²) in [7, 11) is 1.69. The topological polar surface area (TPSA) is 38.3 Å². The smallest absolute Gasteiger partial charge is 0.160 e. The lowest BCUT2D eigenvalue weighted by molar-refractivity contribution is -0.118. The van der Waals surface area contributed by atoms with Crippen molar-refractivity contribution in [1.29, 1.82) is 0 Å². The first kappa shape index (κ1) is 17.1. The van der Waals surface area contributed by atoms with Gasteiger partial charge >= 0.3 is 0 Å². The van der Waals surface area contributed by atoms with Crippen molar-refractivity contribution in [3.63, 3.8) is 0 Å². The Bertz CT molecular complexity index is 637. The van der Waals surface area contributed by atoms with Gasteiger partial charge in [-0.2, -0.15) is 0 Å². The molecule has 3 heteroatoms. The molecule has 1 aliphatic heterocycles. The summed E-state index contributed by atoms with van der Waals surface area (Å²) < 4.78 is 5.57. The second-order valence-electron chi connectivity index (χ2n) is 7.83. The SMILES string of the molecule is COc1cccc2c1C(=CC(=O)C1CCCCCC1)NC(C)(C)C2. The van der Waals surface area contributed by atoms with Gasteiger partial charge in [0.1, 0.15) is 5.75 Å². The van der Waals surface area contributed by atoms with Gasteiger partial charge in [0.15, 0.2) is 5.78 Å². The van der Waals surface area contributed by atoms with E-state index < -0.39 is 0 Å². The van der Waals surface area contributed by atoms with E-state index in [4.69, 9.17) is 4.74 Å². The van der Waals surface area contributed by atoms with Crippen LogP contribution >= 0.6 is 0 Å². The van der Waals surface area contributed by atoms with Crippen molar-refractivity contribution in [2.24, 2.45) is 5.92 Å². The van der Waals surface area contributed by atoms with Crippen molar-refractivity contribution < 1.29 is 9.53 Å². The van der Waals surface area contributed by atoms with E-state index in [1.807, 2.05) is 18.2 Å². The van der Waals surface area contributed by atoms with Gasteiger partial charge in [0.25, 0.3) is 0 Å². The number of allylic oxidation sites excluding steroid dienone is 1. The Morgan fingerprint density at radius 3 is 2.58 bits per heavy atom. The van der Waals surface area contributed by atoms with Gasteiger partial charge in [-0.3, -0.25) is 4.79 Å². The first-order chi connectivity index (χ1) is 11.5. The minimum Gasteiger partial charge on any atom is -0.496 e. The number of rotatable bonds is 3. The zero-order valence-corrected chi connectivity index (χ0v) is 15.2. The third kappa shape index (κ3) is 3.66. The number of benzene rings is 1. The molecule has 1 heterocycles. The van der Waals surface area contributed by atoms with Crippen LogP contribution in [0.25, 0.3) is 5.70 Å². The van der Waals surface area contributed by atoms with Crippen molar-refractivity contribution in [2.45, 2.75) is 64.3 Å². The molecule has 0 amide bonds.